The number of fused-ring (bicyclic) bond motifs is 1. The quantitative estimate of drug-likeness (QED) is 0.937. The molecule has 0 aliphatic rings. The molecule has 2 N–H and O–H groups in total. The first-order valence-corrected chi connectivity index (χ1v) is 6.45. The summed E-state index contributed by atoms with van der Waals surface area (Å²) in [7, 11) is 3.97. The topological polar surface area (TPSA) is 47.1 Å². The molecule has 2 rings (SSSR count). The van der Waals surface area contributed by atoms with Crippen LogP contribution < -0.4 is 5.73 Å². The summed E-state index contributed by atoms with van der Waals surface area (Å²) < 4.78 is 28.8. The highest BCUT2D eigenvalue weighted by atomic mass is 19.1. The van der Waals surface area contributed by atoms with E-state index in [9.17, 15) is 8.78 Å². The van der Waals surface area contributed by atoms with E-state index in [0.29, 0.717) is 12.1 Å². The molecule has 1 aromatic heterocycles. The fourth-order valence-electron chi connectivity index (χ4n) is 2.67. The zero-order chi connectivity index (χ0) is 15.1. The first-order chi connectivity index (χ1) is 9.19. The lowest BCUT2D eigenvalue weighted by molar-refractivity contribution is 0.214. The summed E-state index contributed by atoms with van der Waals surface area (Å²) in [6.07, 6.45) is 0. The first-order valence-electron chi connectivity index (χ1n) is 6.45. The predicted octanol–water partition coefficient (Wildman–Crippen LogP) is 2.48. The summed E-state index contributed by atoms with van der Waals surface area (Å²) in [5.74, 6) is -1.10. The molecule has 20 heavy (non-hydrogen) atoms. The smallest absolute Gasteiger partial charge is 0.201 e. The molecule has 0 radical (unpaired) electrons. The van der Waals surface area contributed by atoms with Gasteiger partial charge in [0.25, 0.3) is 0 Å². The van der Waals surface area contributed by atoms with Crippen molar-refractivity contribution in [2.24, 2.45) is 5.41 Å². The van der Waals surface area contributed by atoms with E-state index in [4.69, 9.17) is 5.73 Å². The second-order valence-corrected chi connectivity index (χ2v) is 6.21. The molecule has 0 unspecified atom stereocenters. The van der Waals surface area contributed by atoms with E-state index in [1.807, 2.05) is 14.1 Å². The summed E-state index contributed by atoms with van der Waals surface area (Å²) in [4.78, 5) is 6.07. The Morgan fingerprint density at radius 1 is 1.30 bits per heavy atom. The number of nitrogens with zero attached hydrogens (tertiary/aromatic N) is 3. The average molecular weight is 282 g/mol. The minimum absolute atomic E-state index is 0.103. The van der Waals surface area contributed by atoms with E-state index in [-0.39, 0.29) is 16.9 Å². The number of hydrogen-bond donors (Lipinski definition) is 1. The SMILES string of the molecule is CN(C)CC(C)(C)Cn1c(N)nc2c(F)cc(F)cc21. The van der Waals surface area contributed by atoms with Crippen LogP contribution in [0.3, 0.4) is 0 Å². The Hall–Kier alpha value is -1.69. The maximum absolute atomic E-state index is 13.7. The third kappa shape index (κ3) is 2.90. The van der Waals surface area contributed by atoms with Crippen LogP contribution in [0.25, 0.3) is 11.0 Å². The molecule has 0 spiro atoms. The van der Waals surface area contributed by atoms with Crippen LogP contribution in [-0.2, 0) is 6.54 Å². The van der Waals surface area contributed by atoms with Gasteiger partial charge in [-0.3, -0.25) is 0 Å². The molecule has 0 saturated carbocycles. The van der Waals surface area contributed by atoms with Crippen LogP contribution in [0.4, 0.5) is 14.7 Å². The standard InChI is InChI=1S/C14H20F2N4/c1-14(2,7-19(3)4)8-20-11-6-9(15)5-10(16)12(11)18-13(20)17/h5-6H,7-8H2,1-4H3,(H2,17,18). The van der Waals surface area contributed by atoms with Crippen molar-refractivity contribution in [3.05, 3.63) is 23.8 Å². The molecule has 0 atom stereocenters. The minimum Gasteiger partial charge on any atom is -0.369 e. The molecule has 0 aliphatic heterocycles. The van der Waals surface area contributed by atoms with Crippen LogP contribution in [0.5, 0.6) is 0 Å². The first kappa shape index (κ1) is 14.7. The number of hydrogen-bond acceptors (Lipinski definition) is 3. The number of benzene rings is 1. The van der Waals surface area contributed by atoms with Gasteiger partial charge in [0.15, 0.2) is 5.82 Å². The van der Waals surface area contributed by atoms with Gasteiger partial charge in [0.05, 0.1) is 5.52 Å². The van der Waals surface area contributed by atoms with Crippen LogP contribution in [-0.4, -0.2) is 35.1 Å². The molecule has 2 aromatic rings. The van der Waals surface area contributed by atoms with Crippen LogP contribution in [0.1, 0.15) is 13.8 Å². The summed E-state index contributed by atoms with van der Waals surface area (Å²) >= 11 is 0. The number of aromatic nitrogens is 2. The lowest BCUT2D eigenvalue weighted by Gasteiger charge is -2.29. The number of nitrogens with two attached hydrogens (primary N) is 1. The van der Waals surface area contributed by atoms with Gasteiger partial charge in [0.1, 0.15) is 11.3 Å². The van der Waals surface area contributed by atoms with Crippen molar-refractivity contribution in [3.63, 3.8) is 0 Å². The second-order valence-electron chi connectivity index (χ2n) is 6.21. The van der Waals surface area contributed by atoms with Crippen LogP contribution >= 0.6 is 0 Å². The van der Waals surface area contributed by atoms with Gasteiger partial charge >= 0.3 is 0 Å². The highest BCUT2D eigenvalue weighted by molar-refractivity contribution is 5.79. The molecule has 0 saturated heterocycles. The second kappa shape index (κ2) is 5.01. The number of imidazole rings is 1. The van der Waals surface area contributed by atoms with Crippen molar-refractivity contribution in [3.8, 4) is 0 Å². The normalized spacial score (nSPS) is 12.6. The molecule has 4 nitrogen and oxygen atoms in total. The monoisotopic (exact) mass is 282 g/mol. The van der Waals surface area contributed by atoms with Crippen LogP contribution in [0.15, 0.2) is 12.1 Å². The van der Waals surface area contributed by atoms with E-state index in [2.05, 4.69) is 23.7 Å². The van der Waals surface area contributed by atoms with Crippen molar-refractivity contribution < 1.29 is 8.78 Å². The van der Waals surface area contributed by atoms with Crippen molar-refractivity contribution in [1.82, 2.24) is 14.5 Å². The van der Waals surface area contributed by atoms with Gasteiger partial charge in [0.2, 0.25) is 5.95 Å². The Bertz CT molecular complexity index is 632. The lowest BCUT2D eigenvalue weighted by atomic mass is 9.93. The largest absolute Gasteiger partial charge is 0.369 e. The Morgan fingerprint density at radius 2 is 1.95 bits per heavy atom. The molecule has 0 aliphatic carbocycles. The van der Waals surface area contributed by atoms with Crippen LogP contribution in [0, 0.1) is 17.0 Å². The van der Waals surface area contributed by atoms with Crippen molar-refractivity contribution in [2.75, 3.05) is 26.4 Å². The fraction of sp³-hybridized carbons (Fsp3) is 0.500. The van der Waals surface area contributed by atoms with Gasteiger partial charge in [-0.1, -0.05) is 13.8 Å². The minimum atomic E-state index is -0.684. The lowest BCUT2D eigenvalue weighted by Crippen LogP contribution is -2.32. The van der Waals surface area contributed by atoms with E-state index in [1.54, 1.807) is 4.57 Å². The molecule has 0 fully saturated rings. The maximum Gasteiger partial charge on any atom is 0.201 e. The maximum atomic E-state index is 13.7. The third-order valence-corrected chi connectivity index (χ3v) is 3.13. The van der Waals surface area contributed by atoms with Crippen molar-refractivity contribution in [2.45, 2.75) is 20.4 Å². The molecule has 110 valence electrons. The summed E-state index contributed by atoms with van der Waals surface area (Å²) in [5, 5.41) is 0. The van der Waals surface area contributed by atoms with E-state index >= 15 is 0 Å². The summed E-state index contributed by atoms with van der Waals surface area (Å²) in [6.45, 7) is 5.52. The average Bonchev–Trinajstić information content (AvgIpc) is 2.55. The third-order valence-electron chi connectivity index (χ3n) is 3.13. The molecule has 1 aromatic carbocycles. The van der Waals surface area contributed by atoms with Gasteiger partial charge in [-0.05, 0) is 19.5 Å². The number of rotatable bonds is 4. The summed E-state index contributed by atoms with van der Waals surface area (Å²) in [6, 6.07) is 2.09. The van der Waals surface area contributed by atoms with Crippen molar-refractivity contribution >= 4 is 17.0 Å². The number of nitrogen functional groups attached to an aromatic ring is 1. The van der Waals surface area contributed by atoms with Crippen molar-refractivity contribution in [1.29, 1.82) is 0 Å². The Kier molecular flexibility index (Phi) is 3.69. The number of anilines is 1. The fourth-order valence-corrected chi connectivity index (χ4v) is 2.67. The van der Waals surface area contributed by atoms with Gasteiger partial charge in [-0.25, -0.2) is 13.8 Å². The zero-order valence-corrected chi connectivity index (χ0v) is 12.2. The summed E-state index contributed by atoms with van der Waals surface area (Å²) in [5.41, 5.74) is 6.27. The highest BCUT2D eigenvalue weighted by Crippen LogP contribution is 2.27. The van der Waals surface area contributed by atoms with Gasteiger partial charge in [0, 0.05) is 25.2 Å². The van der Waals surface area contributed by atoms with Crippen LogP contribution in [0.2, 0.25) is 0 Å². The molecule has 0 bridgehead atoms. The van der Waals surface area contributed by atoms with E-state index < -0.39 is 11.6 Å². The molecular formula is C14H20F2N4. The highest BCUT2D eigenvalue weighted by Gasteiger charge is 2.23. The predicted molar refractivity (Wildman–Crippen MR) is 76.4 cm³/mol. The van der Waals surface area contributed by atoms with Gasteiger partial charge in [-0.15, -0.1) is 0 Å². The van der Waals surface area contributed by atoms with E-state index in [0.717, 1.165) is 12.6 Å². The number of halogens is 2. The molecular weight excluding hydrogens is 262 g/mol. The molecule has 6 heteroatoms. The zero-order valence-electron chi connectivity index (χ0n) is 12.2. The Labute approximate surface area is 117 Å². The van der Waals surface area contributed by atoms with Gasteiger partial charge in [-0.2, -0.15) is 0 Å². The van der Waals surface area contributed by atoms with Gasteiger partial charge < -0.3 is 15.2 Å². The molecule has 1 heterocycles. The molecule has 0 amide bonds. The van der Waals surface area contributed by atoms with E-state index in [1.165, 1.54) is 6.07 Å². The Balaban J connectivity index is 2.47. The Morgan fingerprint density at radius 3 is 2.55 bits per heavy atom.